The van der Waals surface area contributed by atoms with Crippen LogP contribution in [0.15, 0.2) is 42.5 Å². The van der Waals surface area contributed by atoms with Crippen molar-refractivity contribution in [2.45, 2.75) is 19.3 Å². The average molecular weight is 285 g/mol. The van der Waals surface area contributed by atoms with Gasteiger partial charge in [0, 0.05) is 30.2 Å². The lowest BCUT2D eigenvalue weighted by molar-refractivity contribution is 0.578. The zero-order chi connectivity index (χ0) is 14.7. The minimum Gasteiger partial charge on any atom is -0.399 e. The number of nitrogen functional groups attached to an aromatic ring is 1. The van der Waals surface area contributed by atoms with Gasteiger partial charge in [0.2, 0.25) is 0 Å². The fourth-order valence-electron chi connectivity index (χ4n) is 2.70. The van der Waals surface area contributed by atoms with E-state index in [1.165, 1.54) is 31.0 Å². The molecule has 1 aliphatic heterocycles. The molecule has 3 rings (SSSR count). The van der Waals surface area contributed by atoms with Gasteiger partial charge in [0.05, 0.1) is 5.69 Å². The first-order valence-electron chi connectivity index (χ1n) is 7.39. The monoisotopic (exact) mass is 285 g/mol. The molecule has 0 saturated carbocycles. The first-order valence-corrected chi connectivity index (χ1v) is 7.39. The van der Waals surface area contributed by atoms with Gasteiger partial charge in [-0.3, -0.25) is 0 Å². The van der Waals surface area contributed by atoms with E-state index in [1.807, 2.05) is 12.1 Å². The Kier molecular flexibility index (Phi) is 3.95. The van der Waals surface area contributed by atoms with Crippen molar-refractivity contribution in [3.8, 4) is 0 Å². The van der Waals surface area contributed by atoms with Gasteiger partial charge in [-0.15, -0.1) is 0 Å². The lowest BCUT2D eigenvalue weighted by Gasteiger charge is -2.28. The zero-order valence-corrected chi connectivity index (χ0v) is 12.0. The lowest BCUT2D eigenvalue weighted by atomic mass is 10.1. The molecule has 0 spiro atoms. The molecule has 0 atom stereocenters. The van der Waals surface area contributed by atoms with Crippen LogP contribution in [-0.2, 0) is 0 Å². The van der Waals surface area contributed by atoms with Crippen LogP contribution < -0.4 is 16.0 Å². The molecule has 2 aromatic rings. The Hall–Kier alpha value is -2.23. The quantitative estimate of drug-likeness (QED) is 0.833. The van der Waals surface area contributed by atoms with Crippen LogP contribution in [0.4, 0.5) is 27.1 Å². The highest BCUT2D eigenvalue weighted by atomic mass is 19.1. The summed E-state index contributed by atoms with van der Waals surface area (Å²) >= 11 is 0. The Bertz CT molecular complexity index is 604. The summed E-state index contributed by atoms with van der Waals surface area (Å²) in [6.45, 7) is 2.25. The number of rotatable bonds is 3. The summed E-state index contributed by atoms with van der Waals surface area (Å²) in [6, 6.07) is 12.8. The number of piperidine rings is 1. The van der Waals surface area contributed by atoms with Crippen molar-refractivity contribution in [3.05, 3.63) is 48.3 Å². The van der Waals surface area contributed by atoms with E-state index in [9.17, 15) is 4.39 Å². The second kappa shape index (κ2) is 6.04. The number of nitrogens with one attached hydrogen (secondary N) is 1. The van der Waals surface area contributed by atoms with E-state index in [-0.39, 0.29) is 5.82 Å². The Morgan fingerprint density at radius 1 is 0.952 bits per heavy atom. The first-order chi connectivity index (χ1) is 10.2. The molecule has 110 valence electrons. The second-order valence-electron chi connectivity index (χ2n) is 5.46. The molecule has 2 aromatic carbocycles. The number of benzene rings is 2. The number of anilines is 4. The highest BCUT2D eigenvalue weighted by molar-refractivity contribution is 5.65. The third-order valence-electron chi connectivity index (χ3n) is 3.86. The maximum absolute atomic E-state index is 13.8. The molecule has 1 fully saturated rings. The molecule has 0 bridgehead atoms. The van der Waals surface area contributed by atoms with Gasteiger partial charge in [0.15, 0.2) is 0 Å². The average Bonchev–Trinajstić information content (AvgIpc) is 2.52. The van der Waals surface area contributed by atoms with Crippen LogP contribution in [0.2, 0.25) is 0 Å². The summed E-state index contributed by atoms with van der Waals surface area (Å²) in [4.78, 5) is 2.40. The molecule has 3 N–H and O–H groups in total. The molecule has 0 aliphatic carbocycles. The second-order valence-corrected chi connectivity index (χ2v) is 5.46. The molecule has 1 saturated heterocycles. The molecule has 3 nitrogen and oxygen atoms in total. The van der Waals surface area contributed by atoms with Crippen LogP contribution in [0.3, 0.4) is 0 Å². The third kappa shape index (κ3) is 3.27. The van der Waals surface area contributed by atoms with E-state index in [2.05, 4.69) is 22.3 Å². The Balaban J connectivity index is 1.71. The third-order valence-corrected chi connectivity index (χ3v) is 3.86. The number of hydrogen-bond donors (Lipinski definition) is 2. The zero-order valence-electron chi connectivity index (χ0n) is 12.0. The van der Waals surface area contributed by atoms with Crippen molar-refractivity contribution in [1.29, 1.82) is 0 Å². The van der Waals surface area contributed by atoms with Gasteiger partial charge < -0.3 is 16.0 Å². The Morgan fingerprint density at radius 3 is 2.33 bits per heavy atom. The van der Waals surface area contributed by atoms with E-state index < -0.39 is 0 Å². The molecule has 1 aliphatic rings. The van der Waals surface area contributed by atoms with Crippen LogP contribution in [-0.4, -0.2) is 13.1 Å². The summed E-state index contributed by atoms with van der Waals surface area (Å²) < 4.78 is 13.8. The molecule has 0 aromatic heterocycles. The minimum absolute atomic E-state index is 0.338. The van der Waals surface area contributed by atoms with Gasteiger partial charge in [0.1, 0.15) is 5.82 Å². The number of nitrogens with two attached hydrogens (primary N) is 1. The van der Waals surface area contributed by atoms with Crippen LogP contribution in [0.25, 0.3) is 0 Å². The minimum atomic E-state index is -0.338. The molecular formula is C17H20FN3. The summed E-state index contributed by atoms with van der Waals surface area (Å²) in [7, 11) is 0. The summed E-state index contributed by atoms with van der Waals surface area (Å²) in [5.41, 5.74) is 8.53. The molecule has 0 amide bonds. The fraction of sp³-hybridized carbons (Fsp3) is 0.294. The van der Waals surface area contributed by atoms with Crippen molar-refractivity contribution in [2.75, 3.05) is 29.0 Å². The SMILES string of the molecule is Nc1ccc(Nc2ccc(N3CCCCC3)cc2)c(F)c1. The maximum Gasteiger partial charge on any atom is 0.148 e. The molecular weight excluding hydrogens is 265 g/mol. The predicted octanol–water partition coefficient (Wildman–Crippen LogP) is 4.14. The fourth-order valence-corrected chi connectivity index (χ4v) is 2.70. The van der Waals surface area contributed by atoms with Crippen molar-refractivity contribution >= 4 is 22.7 Å². The molecule has 1 heterocycles. The smallest absolute Gasteiger partial charge is 0.148 e. The maximum atomic E-state index is 13.8. The number of halogens is 1. The van der Waals surface area contributed by atoms with Gasteiger partial charge in [-0.05, 0) is 61.7 Å². The van der Waals surface area contributed by atoms with Gasteiger partial charge >= 0.3 is 0 Å². The Labute approximate surface area is 124 Å². The standard InChI is InChI=1S/C17H20FN3/c18-16-12-13(19)4-9-17(16)20-14-5-7-15(8-6-14)21-10-2-1-3-11-21/h4-9,12,20H,1-3,10-11,19H2. The van der Waals surface area contributed by atoms with E-state index in [0.29, 0.717) is 11.4 Å². The number of hydrogen-bond acceptors (Lipinski definition) is 3. The van der Waals surface area contributed by atoms with Gasteiger partial charge in [-0.1, -0.05) is 0 Å². The number of nitrogens with zero attached hydrogens (tertiary/aromatic N) is 1. The van der Waals surface area contributed by atoms with Crippen molar-refractivity contribution in [1.82, 2.24) is 0 Å². The summed E-state index contributed by atoms with van der Waals surface area (Å²) in [5, 5.41) is 3.08. The molecule has 0 unspecified atom stereocenters. The van der Waals surface area contributed by atoms with Crippen LogP contribution in [0.1, 0.15) is 19.3 Å². The van der Waals surface area contributed by atoms with E-state index in [1.54, 1.807) is 12.1 Å². The van der Waals surface area contributed by atoms with Crippen LogP contribution in [0, 0.1) is 5.82 Å². The topological polar surface area (TPSA) is 41.3 Å². The molecule has 21 heavy (non-hydrogen) atoms. The van der Waals surface area contributed by atoms with Crippen molar-refractivity contribution in [2.24, 2.45) is 0 Å². The van der Waals surface area contributed by atoms with Crippen molar-refractivity contribution in [3.63, 3.8) is 0 Å². The van der Waals surface area contributed by atoms with E-state index in [4.69, 9.17) is 5.73 Å². The summed E-state index contributed by atoms with van der Waals surface area (Å²) in [5.74, 6) is -0.338. The molecule has 0 radical (unpaired) electrons. The predicted molar refractivity (Wildman–Crippen MR) is 86.6 cm³/mol. The Morgan fingerprint density at radius 2 is 1.67 bits per heavy atom. The van der Waals surface area contributed by atoms with Gasteiger partial charge in [-0.25, -0.2) is 4.39 Å². The van der Waals surface area contributed by atoms with E-state index >= 15 is 0 Å². The summed E-state index contributed by atoms with van der Waals surface area (Å²) in [6.07, 6.45) is 3.85. The molecule has 4 heteroatoms. The highest BCUT2D eigenvalue weighted by Gasteiger charge is 2.10. The lowest BCUT2D eigenvalue weighted by Crippen LogP contribution is -2.29. The van der Waals surface area contributed by atoms with E-state index in [0.717, 1.165) is 18.8 Å². The normalized spacial score (nSPS) is 15.0. The van der Waals surface area contributed by atoms with Crippen molar-refractivity contribution < 1.29 is 4.39 Å². The first kappa shape index (κ1) is 13.7. The largest absolute Gasteiger partial charge is 0.399 e. The highest BCUT2D eigenvalue weighted by Crippen LogP contribution is 2.25. The van der Waals surface area contributed by atoms with Gasteiger partial charge in [0.25, 0.3) is 0 Å². The van der Waals surface area contributed by atoms with Crippen LogP contribution in [0.5, 0.6) is 0 Å². The van der Waals surface area contributed by atoms with Crippen LogP contribution >= 0.6 is 0 Å². The van der Waals surface area contributed by atoms with Gasteiger partial charge in [-0.2, -0.15) is 0 Å².